The second-order valence-corrected chi connectivity index (χ2v) is 5.83. The molecule has 1 aliphatic rings. The molecule has 2 amide bonds. The second-order valence-electron chi connectivity index (χ2n) is 5.83. The molecule has 0 saturated heterocycles. The normalized spacial score (nSPS) is 15.0. The zero-order valence-electron chi connectivity index (χ0n) is 14.4. The number of nitrogens with one attached hydrogen (secondary N) is 2. The number of methoxy groups -OCH3 is 1. The van der Waals surface area contributed by atoms with Gasteiger partial charge in [0, 0.05) is 18.2 Å². The van der Waals surface area contributed by atoms with Gasteiger partial charge in [0.25, 0.3) is 0 Å². The van der Waals surface area contributed by atoms with Gasteiger partial charge in [-0.15, -0.1) is 0 Å². The third-order valence-electron chi connectivity index (χ3n) is 3.94. The molecule has 0 bridgehead atoms. The molecule has 0 saturated carbocycles. The van der Waals surface area contributed by atoms with Gasteiger partial charge in [0.05, 0.1) is 24.8 Å². The fourth-order valence-electron chi connectivity index (χ4n) is 2.83. The van der Waals surface area contributed by atoms with Crippen LogP contribution in [0.25, 0.3) is 0 Å². The SMILES string of the molecule is COc1ccc(NC(C)=O)cc1NC(=O)C[C@H]1OC(=O)c2ccccc21. The van der Waals surface area contributed by atoms with Gasteiger partial charge >= 0.3 is 5.97 Å². The first-order valence-corrected chi connectivity index (χ1v) is 8.03. The van der Waals surface area contributed by atoms with E-state index in [9.17, 15) is 14.4 Å². The van der Waals surface area contributed by atoms with Crippen LogP contribution in [0.5, 0.6) is 5.75 Å². The van der Waals surface area contributed by atoms with Crippen LogP contribution in [-0.4, -0.2) is 24.9 Å². The summed E-state index contributed by atoms with van der Waals surface area (Å²) < 4.78 is 10.5. The molecule has 0 radical (unpaired) electrons. The molecule has 0 aliphatic carbocycles. The molecule has 2 aromatic carbocycles. The molecule has 0 fully saturated rings. The van der Waals surface area contributed by atoms with Crippen molar-refractivity contribution in [1.82, 2.24) is 0 Å². The smallest absolute Gasteiger partial charge is 0.339 e. The van der Waals surface area contributed by atoms with Gasteiger partial charge < -0.3 is 20.1 Å². The first-order valence-electron chi connectivity index (χ1n) is 8.03. The average molecular weight is 354 g/mol. The van der Waals surface area contributed by atoms with Crippen LogP contribution in [0.3, 0.4) is 0 Å². The monoisotopic (exact) mass is 354 g/mol. The van der Waals surface area contributed by atoms with Crippen LogP contribution in [0, 0.1) is 0 Å². The summed E-state index contributed by atoms with van der Waals surface area (Å²) in [7, 11) is 1.48. The number of cyclic esters (lactones) is 1. The highest BCUT2D eigenvalue weighted by atomic mass is 16.5. The largest absolute Gasteiger partial charge is 0.495 e. The zero-order valence-corrected chi connectivity index (χ0v) is 14.4. The summed E-state index contributed by atoms with van der Waals surface area (Å²) in [5.74, 6) is -0.528. The van der Waals surface area contributed by atoms with E-state index in [1.807, 2.05) is 0 Å². The van der Waals surface area contributed by atoms with Crippen molar-refractivity contribution in [2.45, 2.75) is 19.4 Å². The summed E-state index contributed by atoms with van der Waals surface area (Å²) in [4.78, 5) is 35.5. The number of rotatable bonds is 5. The number of hydrogen-bond acceptors (Lipinski definition) is 5. The minimum Gasteiger partial charge on any atom is -0.495 e. The van der Waals surface area contributed by atoms with Gasteiger partial charge in [0.2, 0.25) is 11.8 Å². The van der Waals surface area contributed by atoms with Crippen molar-refractivity contribution in [2.24, 2.45) is 0 Å². The zero-order chi connectivity index (χ0) is 18.7. The van der Waals surface area contributed by atoms with E-state index in [2.05, 4.69) is 10.6 Å². The number of hydrogen-bond donors (Lipinski definition) is 2. The molecule has 26 heavy (non-hydrogen) atoms. The standard InChI is InChI=1S/C19H18N2O5/c1-11(22)20-12-7-8-16(25-2)15(9-12)21-18(23)10-17-13-5-3-4-6-14(13)19(24)26-17/h3-9,17H,10H2,1-2H3,(H,20,22)(H,21,23)/t17-/m1/s1. The maximum atomic E-state index is 12.4. The molecule has 3 rings (SSSR count). The van der Waals surface area contributed by atoms with Crippen molar-refractivity contribution in [3.8, 4) is 5.75 Å². The van der Waals surface area contributed by atoms with Gasteiger partial charge in [0.15, 0.2) is 0 Å². The second kappa shape index (κ2) is 7.26. The molecule has 0 aromatic heterocycles. The molecule has 0 spiro atoms. The van der Waals surface area contributed by atoms with Crippen LogP contribution in [0.4, 0.5) is 11.4 Å². The number of amides is 2. The third kappa shape index (κ3) is 3.66. The van der Waals surface area contributed by atoms with Crippen molar-refractivity contribution in [1.29, 1.82) is 0 Å². The Morgan fingerprint density at radius 2 is 1.92 bits per heavy atom. The lowest BCUT2D eigenvalue weighted by Crippen LogP contribution is -2.16. The van der Waals surface area contributed by atoms with Crippen LogP contribution in [0.15, 0.2) is 42.5 Å². The number of esters is 1. The van der Waals surface area contributed by atoms with E-state index < -0.39 is 12.1 Å². The minimum absolute atomic E-state index is 0.0176. The Morgan fingerprint density at radius 1 is 1.15 bits per heavy atom. The minimum atomic E-state index is -0.622. The van der Waals surface area contributed by atoms with Gasteiger partial charge in [-0.05, 0) is 24.3 Å². The van der Waals surface area contributed by atoms with Crippen LogP contribution in [0.2, 0.25) is 0 Å². The summed E-state index contributed by atoms with van der Waals surface area (Å²) in [6.07, 6.45) is -0.640. The Bertz CT molecular complexity index is 878. The van der Waals surface area contributed by atoms with Crippen LogP contribution < -0.4 is 15.4 Å². The van der Waals surface area contributed by atoms with E-state index in [1.54, 1.807) is 42.5 Å². The third-order valence-corrected chi connectivity index (χ3v) is 3.94. The highest BCUT2D eigenvalue weighted by Crippen LogP contribution is 2.34. The molecule has 1 heterocycles. The molecule has 2 N–H and O–H groups in total. The molecule has 134 valence electrons. The van der Waals surface area contributed by atoms with E-state index in [4.69, 9.17) is 9.47 Å². The van der Waals surface area contributed by atoms with Crippen LogP contribution >= 0.6 is 0 Å². The summed E-state index contributed by atoms with van der Waals surface area (Å²) in [5, 5.41) is 5.39. The quantitative estimate of drug-likeness (QED) is 0.805. The predicted octanol–water partition coefficient (Wildman–Crippen LogP) is 2.89. The molecule has 7 nitrogen and oxygen atoms in total. The van der Waals surface area contributed by atoms with Crippen molar-refractivity contribution < 1.29 is 23.9 Å². The fourth-order valence-corrected chi connectivity index (χ4v) is 2.83. The average Bonchev–Trinajstić information content (AvgIpc) is 2.91. The van der Waals surface area contributed by atoms with Gasteiger partial charge in [0.1, 0.15) is 11.9 Å². The predicted molar refractivity (Wildman–Crippen MR) is 95.1 cm³/mol. The van der Waals surface area contributed by atoms with Crippen molar-refractivity contribution in [2.75, 3.05) is 17.7 Å². The van der Waals surface area contributed by atoms with Crippen LogP contribution in [-0.2, 0) is 14.3 Å². The Labute approximate surface area is 150 Å². The topological polar surface area (TPSA) is 93.7 Å². The van der Waals surface area contributed by atoms with Gasteiger partial charge in [-0.2, -0.15) is 0 Å². The maximum absolute atomic E-state index is 12.4. The first kappa shape index (κ1) is 17.5. The Hall–Kier alpha value is -3.35. The van der Waals surface area contributed by atoms with Crippen molar-refractivity contribution in [3.05, 3.63) is 53.6 Å². The lowest BCUT2D eigenvalue weighted by molar-refractivity contribution is -0.118. The maximum Gasteiger partial charge on any atom is 0.339 e. The molecular formula is C19H18N2O5. The van der Waals surface area contributed by atoms with Gasteiger partial charge in [-0.3, -0.25) is 9.59 Å². The number of carbonyl (C=O) groups is 3. The molecule has 1 aliphatic heterocycles. The van der Waals surface area contributed by atoms with Crippen molar-refractivity contribution >= 4 is 29.2 Å². The van der Waals surface area contributed by atoms with Gasteiger partial charge in [-0.25, -0.2) is 4.79 Å². The Morgan fingerprint density at radius 3 is 2.65 bits per heavy atom. The van der Waals surface area contributed by atoms with E-state index in [0.717, 1.165) is 0 Å². The molecule has 2 aromatic rings. The van der Waals surface area contributed by atoms with E-state index in [1.165, 1.54) is 14.0 Å². The lowest BCUT2D eigenvalue weighted by Gasteiger charge is -2.14. The highest BCUT2D eigenvalue weighted by molar-refractivity contribution is 5.97. The number of anilines is 2. The van der Waals surface area contributed by atoms with E-state index in [-0.39, 0.29) is 18.2 Å². The first-order chi connectivity index (χ1) is 12.5. The summed E-state index contributed by atoms with van der Waals surface area (Å²) >= 11 is 0. The number of benzene rings is 2. The summed E-state index contributed by atoms with van der Waals surface area (Å²) in [6.45, 7) is 1.40. The number of fused-ring (bicyclic) bond motifs is 1. The van der Waals surface area contributed by atoms with Crippen LogP contribution in [0.1, 0.15) is 35.4 Å². The highest BCUT2D eigenvalue weighted by Gasteiger charge is 2.32. The summed E-state index contributed by atoms with van der Waals surface area (Å²) in [6, 6.07) is 11.9. The number of ether oxygens (including phenoxy) is 2. The Kier molecular flexibility index (Phi) is 4.88. The molecule has 0 unspecified atom stereocenters. The molecule has 1 atom stereocenters. The van der Waals surface area contributed by atoms with Gasteiger partial charge in [-0.1, -0.05) is 18.2 Å². The van der Waals surface area contributed by atoms with Crippen molar-refractivity contribution in [3.63, 3.8) is 0 Å². The van der Waals surface area contributed by atoms with E-state index >= 15 is 0 Å². The summed E-state index contributed by atoms with van der Waals surface area (Å²) in [5.41, 5.74) is 2.13. The molecular weight excluding hydrogens is 336 g/mol. The lowest BCUT2D eigenvalue weighted by atomic mass is 10.0. The molecule has 7 heteroatoms. The number of carbonyl (C=O) groups excluding carboxylic acids is 3. The Balaban J connectivity index is 1.74. The fraction of sp³-hybridized carbons (Fsp3) is 0.211. The van der Waals surface area contributed by atoms with E-state index in [0.29, 0.717) is 28.3 Å².